The first-order valence-electron chi connectivity index (χ1n) is 7.77. The van der Waals surface area contributed by atoms with Gasteiger partial charge in [0.05, 0.1) is 15.4 Å². The fourth-order valence-corrected chi connectivity index (χ4v) is 3.30. The predicted octanol–water partition coefficient (Wildman–Crippen LogP) is 4.40. The molecule has 0 aliphatic heterocycles. The molecule has 0 aliphatic carbocycles. The van der Waals surface area contributed by atoms with Gasteiger partial charge >= 0.3 is 0 Å². The summed E-state index contributed by atoms with van der Waals surface area (Å²) in [5.41, 5.74) is 1.73. The maximum atomic E-state index is 12.2. The number of carbonyl (C=O) groups excluding carboxylic acids is 2. The molecule has 3 aromatic rings. The lowest BCUT2D eigenvalue weighted by atomic mass is 10.2. The van der Waals surface area contributed by atoms with Crippen molar-refractivity contribution in [2.75, 3.05) is 4.90 Å². The lowest BCUT2D eigenvalue weighted by Gasteiger charge is -2.19. The molecule has 0 unspecified atom stereocenters. The van der Waals surface area contributed by atoms with E-state index in [1.807, 2.05) is 37.3 Å². The molecule has 3 aromatic heterocycles. The largest absolute Gasteiger partial charge is 0.294 e. The number of rotatable bonds is 4. The molecule has 3 rings (SSSR count). The molecule has 0 aromatic carbocycles. The number of pyridine rings is 2. The van der Waals surface area contributed by atoms with Crippen LogP contribution in [0.2, 0.25) is 0 Å². The number of aromatic nitrogens is 2. The fraction of sp³-hybridized carbons (Fsp3) is 0.158. The van der Waals surface area contributed by atoms with Gasteiger partial charge in [0.15, 0.2) is 5.78 Å². The van der Waals surface area contributed by atoms with E-state index in [1.54, 1.807) is 25.3 Å². The number of amides is 1. The highest BCUT2D eigenvalue weighted by atomic mass is 32.1. The van der Waals surface area contributed by atoms with Crippen molar-refractivity contribution in [1.29, 1.82) is 0 Å². The zero-order valence-electron chi connectivity index (χ0n) is 14.2. The quantitative estimate of drug-likeness (QED) is 0.654. The molecule has 0 fully saturated rings. The van der Waals surface area contributed by atoms with Crippen LogP contribution < -0.4 is 4.90 Å². The van der Waals surface area contributed by atoms with Crippen molar-refractivity contribution in [3.05, 3.63) is 59.1 Å². The molecule has 0 saturated carbocycles. The van der Waals surface area contributed by atoms with Crippen LogP contribution in [0.1, 0.15) is 29.1 Å². The monoisotopic (exact) mass is 351 g/mol. The van der Waals surface area contributed by atoms with E-state index in [2.05, 4.69) is 9.97 Å². The van der Waals surface area contributed by atoms with Gasteiger partial charge in [0.2, 0.25) is 5.91 Å². The number of Topliss-reactive ketones (excluding diaryl/α,β-unsaturated/α-hetero) is 1. The van der Waals surface area contributed by atoms with Crippen LogP contribution in [-0.2, 0) is 4.79 Å². The molecule has 0 N–H and O–H groups in total. The van der Waals surface area contributed by atoms with Crippen LogP contribution in [0.15, 0.2) is 48.7 Å². The molecule has 0 atom stereocenters. The van der Waals surface area contributed by atoms with Crippen molar-refractivity contribution in [3.63, 3.8) is 0 Å². The zero-order chi connectivity index (χ0) is 18.0. The molecule has 0 aliphatic rings. The van der Waals surface area contributed by atoms with Crippen molar-refractivity contribution in [3.8, 4) is 10.6 Å². The van der Waals surface area contributed by atoms with Crippen LogP contribution in [-0.4, -0.2) is 21.7 Å². The van der Waals surface area contributed by atoms with E-state index in [0.717, 1.165) is 10.4 Å². The average Bonchev–Trinajstić information content (AvgIpc) is 3.05. The summed E-state index contributed by atoms with van der Waals surface area (Å²) in [6.07, 6.45) is 1.67. The number of ketones is 1. The summed E-state index contributed by atoms with van der Waals surface area (Å²) in [7, 11) is 0. The highest BCUT2D eigenvalue weighted by molar-refractivity contribution is 7.17. The van der Waals surface area contributed by atoms with Crippen LogP contribution in [0.25, 0.3) is 10.6 Å². The molecule has 1 amide bonds. The Kier molecular flexibility index (Phi) is 4.72. The second-order valence-electron chi connectivity index (χ2n) is 5.65. The summed E-state index contributed by atoms with van der Waals surface area (Å²) in [6, 6.07) is 12.9. The van der Waals surface area contributed by atoms with Gasteiger partial charge in [-0.25, -0.2) is 14.9 Å². The van der Waals surface area contributed by atoms with E-state index < -0.39 is 0 Å². The lowest BCUT2D eigenvalue weighted by molar-refractivity contribution is -0.115. The highest BCUT2D eigenvalue weighted by Crippen LogP contribution is 2.30. The normalized spacial score (nSPS) is 10.5. The second kappa shape index (κ2) is 6.94. The molecular formula is C19H17N3O2S. The Hall–Kier alpha value is -2.86. The van der Waals surface area contributed by atoms with E-state index in [9.17, 15) is 9.59 Å². The molecule has 0 radical (unpaired) electrons. The summed E-state index contributed by atoms with van der Waals surface area (Å²) in [6.45, 7) is 4.97. The number of aryl methyl sites for hydroxylation is 1. The molecule has 5 nitrogen and oxygen atoms in total. The number of nitrogens with zero attached hydrogens (tertiary/aromatic N) is 3. The van der Waals surface area contributed by atoms with Gasteiger partial charge in [0.1, 0.15) is 11.6 Å². The van der Waals surface area contributed by atoms with Gasteiger partial charge < -0.3 is 0 Å². The van der Waals surface area contributed by atoms with Gasteiger partial charge in [-0.15, -0.1) is 11.3 Å². The van der Waals surface area contributed by atoms with E-state index in [-0.39, 0.29) is 11.7 Å². The smallest absolute Gasteiger partial charge is 0.230 e. The topological polar surface area (TPSA) is 63.2 Å². The minimum atomic E-state index is -0.168. The zero-order valence-corrected chi connectivity index (χ0v) is 15.0. The highest BCUT2D eigenvalue weighted by Gasteiger charge is 2.18. The second-order valence-corrected chi connectivity index (χ2v) is 6.73. The lowest BCUT2D eigenvalue weighted by Crippen LogP contribution is -2.24. The summed E-state index contributed by atoms with van der Waals surface area (Å²) in [5.74, 6) is 0.897. The molecule has 0 spiro atoms. The Morgan fingerprint density at radius 3 is 2.48 bits per heavy atom. The summed E-state index contributed by atoms with van der Waals surface area (Å²) >= 11 is 1.39. The maximum Gasteiger partial charge on any atom is 0.230 e. The third-order valence-corrected chi connectivity index (χ3v) is 4.82. The van der Waals surface area contributed by atoms with Crippen LogP contribution in [0.5, 0.6) is 0 Å². The SMILES string of the molecule is CC(=O)c1ccc(-c2cccc(N(C(C)=O)c3cc(C)ccn3)n2)s1. The average molecular weight is 351 g/mol. The van der Waals surface area contributed by atoms with Crippen molar-refractivity contribution < 1.29 is 9.59 Å². The first-order valence-corrected chi connectivity index (χ1v) is 8.59. The Balaban J connectivity index is 2.03. The minimum absolute atomic E-state index is 0.0294. The van der Waals surface area contributed by atoms with Crippen molar-refractivity contribution in [2.24, 2.45) is 0 Å². The van der Waals surface area contributed by atoms with E-state index >= 15 is 0 Å². The summed E-state index contributed by atoms with van der Waals surface area (Å²) in [4.78, 5) is 35.6. The van der Waals surface area contributed by atoms with Gasteiger partial charge in [-0.2, -0.15) is 0 Å². The Morgan fingerprint density at radius 2 is 1.84 bits per heavy atom. The van der Waals surface area contributed by atoms with E-state index in [4.69, 9.17) is 0 Å². The molecule has 3 heterocycles. The molecule has 0 bridgehead atoms. The van der Waals surface area contributed by atoms with Crippen LogP contribution in [0, 0.1) is 6.92 Å². The Morgan fingerprint density at radius 1 is 1.04 bits per heavy atom. The first kappa shape index (κ1) is 17.0. The van der Waals surface area contributed by atoms with Crippen molar-refractivity contribution in [1.82, 2.24) is 9.97 Å². The third kappa shape index (κ3) is 3.64. The number of anilines is 2. The number of hydrogen-bond donors (Lipinski definition) is 0. The van der Waals surface area contributed by atoms with Crippen molar-refractivity contribution >= 4 is 34.7 Å². The van der Waals surface area contributed by atoms with Gasteiger partial charge in [0, 0.05) is 13.1 Å². The third-order valence-electron chi connectivity index (χ3n) is 3.61. The molecular weight excluding hydrogens is 334 g/mol. The van der Waals surface area contributed by atoms with Gasteiger partial charge in [-0.05, 0) is 55.8 Å². The maximum absolute atomic E-state index is 12.2. The summed E-state index contributed by atoms with van der Waals surface area (Å²) < 4.78 is 0. The fourth-order valence-electron chi connectivity index (χ4n) is 2.43. The van der Waals surface area contributed by atoms with E-state index in [0.29, 0.717) is 22.2 Å². The van der Waals surface area contributed by atoms with Gasteiger partial charge in [-0.1, -0.05) is 6.07 Å². The number of hydrogen-bond acceptors (Lipinski definition) is 5. The molecule has 6 heteroatoms. The molecule has 126 valence electrons. The van der Waals surface area contributed by atoms with Gasteiger partial charge in [0.25, 0.3) is 0 Å². The predicted molar refractivity (Wildman–Crippen MR) is 99.3 cm³/mol. The summed E-state index contributed by atoms with van der Waals surface area (Å²) in [5, 5.41) is 0. The van der Waals surface area contributed by atoms with Crippen molar-refractivity contribution in [2.45, 2.75) is 20.8 Å². The number of carbonyl (C=O) groups is 2. The van der Waals surface area contributed by atoms with E-state index in [1.165, 1.54) is 23.2 Å². The van der Waals surface area contributed by atoms with Crippen LogP contribution in [0.3, 0.4) is 0 Å². The molecule has 25 heavy (non-hydrogen) atoms. The first-order chi connectivity index (χ1) is 12.0. The number of thiophene rings is 1. The Bertz CT molecular complexity index is 949. The van der Waals surface area contributed by atoms with Crippen LogP contribution in [0.4, 0.5) is 11.6 Å². The minimum Gasteiger partial charge on any atom is -0.294 e. The van der Waals surface area contributed by atoms with Crippen LogP contribution >= 0.6 is 11.3 Å². The molecule has 0 saturated heterocycles. The van der Waals surface area contributed by atoms with Gasteiger partial charge in [-0.3, -0.25) is 9.59 Å². The Labute approximate surface area is 150 Å². The standard InChI is InChI=1S/C19H17N3O2S/c1-12-9-10-20-19(11-12)22(14(3)24)18-6-4-5-15(21-18)17-8-7-16(25-17)13(2)23/h4-11H,1-3H3.